The molecule has 6 nitrogen and oxygen atoms in total. The Hall–Kier alpha value is -3.77. The largest absolute Gasteiger partial charge is 0.454 e. The summed E-state index contributed by atoms with van der Waals surface area (Å²) in [6.07, 6.45) is 1.64. The summed E-state index contributed by atoms with van der Waals surface area (Å²) in [5.41, 5.74) is 2.03. The van der Waals surface area contributed by atoms with Gasteiger partial charge >= 0.3 is 5.97 Å². The number of fused-ring (bicyclic) bond motifs is 2. The Kier molecular flexibility index (Phi) is 4.64. The molecule has 3 aromatic rings. The van der Waals surface area contributed by atoms with Crippen molar-refractivity contribution in [2.75, 3.05) is 6.79 Å². The van der Waals surface area contributed by atoms with Crippen LogP contribution in [0.2, 0.25) is 5.02 Å². The van der Waals surface area contributed by atoms with Gasteiger partial charge in [-0.15, -0.1) is 0 Å². The molecule has 7 heteroatoms. The second-order valence-electron chi connectivity index (χ2n) is 7.02. The second-order valence-corrected chi connectivity index (χ2v) is 7.45. The monoisotopic (exact) mass is 434 g/mol. The molecule has 3 aromatic carbocycles. The topological polar surface area (TPSA) is 71.1 Å². The molecule has 0 spiro atoms. The minimum atomic E-state index is -0.550. The molecule has 0 radical (unpaired) electrons. The maximum atomic E-state index is 12.8. The van der Waals surface area contributed by atoms with Crippen LogP contribution < -0.4 is 18.9 Å². The zero-order chi connectivity index (χ0) is 21.5. The quantitative estimate of drug-likeness (QED) is 0.320. The Morgan fingerprint density at radius 2 is 1.90 bits per heavy atom. The van der Waals surface area contributed by atoms with E-state index in [2.05, 4.69) is 0 Å². The minimum Gasteiger partial charge on any atom is -0.454 e. The van der Waals surface area contributed by atoms with Gasteiger partial charge in [0.1, 0.15) is 11.5 Å². The zero-order valence-corrected chi connectivity index (χ0v) is 17.1. The third kappa shape index (κ3) is 3.51. The molecule has 0 aromatic heterocycles. The Balaban J connectivity index is 1.41. The molecule has 0 aliphatic carbocycles. The molecule has 5 rings (SSSR count). The first kappa shape index (κ1) is 19.2. The molecule has 0 bridgehead atoms. The molecule has 2 aliphatic rings. The van der Waals surface area contributed by atoms with Crippen LogP contribution in [0.5, 0.6) is 23.0 Å². The van der Waals surface area contributed by atoms with Crippen molar-refractivity contribution in [1.82, 2.24) is 0 Å². The highest BCUT2D eigenvalue weighted by atomic mass is 35.5. The van der Waals surface area contributed by atoms with Crippen LogP contribution in [-0.2, 0) is 0 Å². The highest BCUT2D eigenvalue weighted by Crippen LogP contribution is 2.40. The highest BCUT2D eigenvalue weighted by Gasteiger charge is 2.31. The molecular weight excluding hydrogens is 420 g/mol. The summed E-state index contributed by atoms with van der Waals surface area (Å²) in [6, 6.07) is 15.0. The first-order valence-electron chi connectivity index (χ1n) is 9.45. The summed E-state index contributed by atoms with van der Waals surface area (Å²) in [7, 11) is 0. The van der Waals surface area contributed by atoms with E-state index in [1.54, 1.807) is 55.5 Å². The molecule has 154 valence electrons. The number of Topliss-reactive ketones (excluding diaryl/α,β-unsaturated/α-hetero) is 1. The lowest BCUT2D eigenvalue weighted by molar-refractivity contribution is 0.0733. The number of esters is 1. The number of hydrogen-bond acceptors (Lipinski definition) is 6. The van der Waals surface area contributed by atoms with Gasteiger partial charge in [0, 0.05) is 10.6 Å². The smallest absolute Gasteiger partial charge is 0.343 e. The van der Waals surface area contributed by atoms with E-state index in [0.29, 0.717) is 44.7 Å². The van der Waals surface area contributed by atoms with Crippen molar-refractivity contribution >= 4 is 29.4 Å². The summed E-state index contributed by atoms with van der Waals surface area (Å²) < 4.78 is 22.0. The first-order valence-corrected chi connectivity index (χ1v) is 9.82. The highest BCUT2D eigenvalue weighted by molar-refractivity contribution is 6.30. The Bertz CT molecular complexity index is 1280. The van der Waals surface area contributed by atoms with Crippen LogP contribution in [-0.4, -0.2) is 18.5 Å². The van der Waals surface area contributed by atoms with Gasteiger partial charge < -0.3 is 18.9 Å². The van der Waals surface area contributed by atoms with Gasteiger partial charge in [-0.3, -0.25) is 4.79 Å². The summed E-state index contributed by atoms with van der Waals surface area (Å²) in [6.45, 7) is 1.91. The number of halogens is 1. The average molecular weight is 435 g/mol. The van der Waals surface area contributed by atoms with Crippen LogP contribution in [0.3, 0.4) is 0 Å². The van der Waals surface area contributed by atoms with E-state index in [9.17, 15) is 9.59 Å². The van der Waals surface area contributed by atoms with Crippen molar-refractivity contribution < 1.29 is 28.5 Å². The fraction of sp³-hybridized carbons (Fsp3) is 0.0833. The van der Waals surface area contributed by atoms with Crippen LogP contribution in [0, 0.1) is 6.92 Å². The number of hydrogen-bond donors (Lipinski definition) is 0. The molecule has 2 aliphatic heterocycles. The average Bonchev–Trinajstić information content (AvgIpc) is 3.35. The predicted molar refractivity (Wildman–Crippen MR) is 113 cm³/mol. The third-order valence-corrected chi connectivity index (χ3v) is 5.23. The summed E-state index contributed by atoms with van der Waals surface area (Å²) >= 11 is 5.94. The molecule has 31 heavy (non-hydrogen) atoms. The first-order chi connectivity index (χ1) is 15.0. The normalized spacial score (nSPS) is 15.0. The number of benzene rings is 3. The van der Waals surface area contributed by atoms with Crippen LogP contribution in [0.15, 0.2) is 60.4 Å². The Morgan fingerprint density at radius 1 is 1.06 bits per heavy atom. The molecule has 0 N–H and O–H groups in total. The van der Waals surface area contributed by atoms with Crippen LogP contribution in [0.25, 0.3) is 6.08 Å². The van der Waals surface area contributed by atoms with Crippen molar-refractivity contribution in [3.8, 4) is 23.0 Å². The van der Waals surface area contributed by atoms with Gasteiger partial charge in [0.15, 0.2) is 17.3 Å². The van der Waals surface area contributed by atoms with Gasteiger partial charge in [-0.05, 0) is 61.0 Å². The number of carbonyl (C=O) groups is 2. The fourth-order valence-corrected chi connectivity index (χ4v) is 3.60. The van der Waals surface area contributed by atoms with Crippen LogP contribution >= 0.6 is 11.6 Å². The maximum Gasteiger partial charge on any atom is 0.343 e. The molecule has 0 amide bonds. The lowest BCUT2D eigenvalue weighted by Crippen LogP contribution is -2.09. The predicted octanol–water partition coefficient (Wildman–Crippen LogP) is 5.21. The van der Waals surface area contributed by atoms with Gasteiger partial charge in [0.05, 0.1) is 11.1 Å². The van der Waals surface area contributed by atoms with E-state index in [1.165, 1.54) is 6.07 Å². The number of carbonyl (C=O) groups excluding carboxylic acids is 2. The van der Waals surface area contributed by atoms with Crippen molar-refractivity contribution in [2.24, 2.45) is 0 Å². The Morgan fingerprint density at radius 3 is 2.74 bits per heavy atom. The van der Waals surface area contributed by atoms with Gasteiger partial charge in [-0.2, -0.15) is 0 Å². The molecule has 0 unspecified atom stereocenters. The molecule has 0 atom stereocenters. The van der Waals surface area contributed by atoms with E-state index in [4.69, 9.17) is 30.5 Å². The fourth-order valence-electron chi connectivity index (χ4n) is 3.41. The van der Waals surface area contributed by atoms with E-state index in [-0.39, 0.29) is 18.3 Å². The zero-order valence-electron chi connectivity index (χ0n) is 16.3. The van der Waals surface area contributed by atoms with Crippen molar-refractivity contribution in [3.05, 3.63) is 87.6 Å². The number of rotatable bonds is 3. The summed E-state index contributed by atoms with van der Waals surface area (Å²) in [5, 5.41) is 0.437. The van der Waals surface area contributed by atoms with Crippen LogP contribution in [0.4, 0.5) is 0 Å². The summed E-state index contributed by atoms with van der Waals surface area (Å²) in [5.74, 6) is 1.33. The van der Waals surface area contributed by atoms with E-state index >= 15 is 0 Å². The van der Waals surface area contributed by atoms with E-state index < -0.39 is 5.97 Å². The maximum absolute atomic E-state index is 12.8. The third-order valence-electron chi connectivity index (χ3n) is 4.99. The second kappa shape index (κ2) is 7.49. The van der Waals surface area contributed by atoms with Gasteiger partial charge in [0.2, 0.25) is 12.6 Å². The van der Waals surface area contributed by atoms with Crippen molar-refractivity contribution in [3.63, 3.8) is 0 Å². The molecule has 2 heterocycles. The number of ether oxygens (including phenoxy) is 4. The van der Waals surface area contributed by atoms with Crippen molar-refractivity contribution in [2.45, 2.75) is 6.92 Å². The minimum absolute atomic E-state index is 0.173. The molecular formula is C24H15ClO6. The van der Waals surface area contributed by atoms with E-state index in [1.807, 2.05) is 6.07 Å². The lowest BCUT2D eigenvalue weighted by Gasteiger charge is -2.10. The van der Waals surface area contributed by atoms with Crippen molar-refractivity contribution in [1.29, 1.82) is 0 Å². The summed E-state index contributed by atoms with van der Waals surface area (Å²) in [4.78, 5) is 25.3. The number of allylic oxidation sites excluding steroid dienone is 1. The molecule has 0 saturated heterocycles. The van der Waals surface area contributed by atoms with Gasteiger partial charge in [-0.1, -0.05) is 23.7 Å². The van der Waals surface area contributed by atoms with Crippen LogP contribution in [0.1, 0.15) is 31.8 Å². The van der Waals surface area contributed by atoms with E-state index in [0.717, 1.165) is 5.56 Å². The van der Waals surface area contributed by atoms with Gasteiger partial charge in [0.25, 0.3) is 0 Å². The SMILES string of the molecule is Cc1c(OC(=O)c2cccc(Cl)c2)ccc2c1O/C(=C\c1ccc3c(c1)OCO3)C2=O. The number of ketones is 1. The molecule has 0 saturated carbocycles. The molecule has 0 fully saturated rings. The lowest BCUT2D eigenvalue weighted by atomic mass is 10.1. The Labute approximate surface area is 182 Å². The van der Waals surface area contributed by atoms with Gasteiger partial charge in [-0.25, -0.2) is 4.79 Å². The standard InChI is InChI=1S/C24H15ClO6/c1-13-18(31-24(27)15-3-2-4-16(25)11-15)8-6-17-22(26)21(30-23(13)17)10-14-5-7-19-20(9-14)29-12-28-19/h2-11H,12H2,1H3/b21-10-.